The molecule has 0 amide bonds. The van der Waals surface area contributed by atoms with Crippen molar-refractivity contribution < 1.29 is 0 Å². The summed E-state index contributed by atoms with van der Waals surface area (Å²) in [6, 6.07) is 0. The van der Waals surface area contributed by atoms with E-state index in [0.29, 0.717) is 12.5 Å². The fourth-order valence-electron chi connectivity index (χ4n) is 1.97. The van der Waals surface area contributed by atoms with Crippen LogP contribution >= 0.6 is 11.5 Å². The van der Waals surface area contributed by atoms with Crippen molar-refractivity contribution in [1.29, 1.82) is 0 Å². The maximum Gasteiger partial charge on any atom is 0.203 e. The van der Waals surface area contributed by atoms with Crippen LogP contribution in [0.5, 0.6) is 0 Å². The van der Waals surface area contributed by atoms with Gasteiger partial charge in [-0.1, -0.05) is 20.8 Å². The molecular formula is C12H24N4S. The molecule has 0 fully saturated rings. The molecule has 0 saturated heterocycles. The number of rotatable bonds is 7. The highest BCUT2D eigenvalue weighted by Crippen LogP contribution is 2.23. The van der Waals surface area contributed by atoms with Crippen LogP contribution in [0, 0.1) is 5.92 Å². The Morgan fingerprint density at radius 3 is 2.71 bits per heavy atom. The van der Waals surface area contributed by atoms with E-state index in [1.54, 1.807) is 0 Å². The fraction of sp³-hybridized carbons (Fsp3) is 0.833. The van der Waals surface area contributed by atoms with Crippen LogP contribution in [0.3, 0.4) is 0 Å². The second-order valence-corrected chi connectivity index (χ2v) is 6.01. The first kappa shape index (κ1) is 14.4. The van der Waals surface area contributed by atoms with Gasteiger partial charge in [0, 0.05) is 30.0 Å². The number of nitrogens with one attached hydrogen (secondary N) is 1. The minimum absolute atomic E-state index is 0.0861. The van der Waals surface area contributed by atoms with Crippen molar-refractivity contribution in [2.75, 3.05) is 11.9 Å². The highest BCUT2D eigenvalue weighted by atomic mass is 32.1. The van der Waals surface area contributed by atoms with E-state index in [4.69, 9.17) is 5.73 Å². The van der Waals surface area contributed by atoms with Crippen LogP contribution in [-0.4, -0.2) is 21.4 Å². The van der Waals surface area contributed by atoms with Gasteiger partial charge in [-0.15, -0.1) is 0 Å². The van der Waals surface area contributed by atoms with Gasteiger partial charge < -0.3 is 11.1 Å². The second-order valence-electron chi connectivity index (χ2n) is 5.25. The molecule has 98 valence electrons. The Labute approximate surface area is 108 Å². The van der Waals surface area contributed by atoms with Gasteiger partial charge in [0.15, 0.2) is 0 Å². The van der Waals surface area contributed by atoms with Gasteiger partial charge in [-0.05, 0) is 25.7 Å². The van der Waals surface area contributed by atoms with Crippen molar-refractivity contribution in [1.82, 2.24) is 9.36 Å². The summed E-state index contributed by atoms with van der Waals surface area (Å²) in [5, 5.41) is 4.33. The Bertz CT molecular complexity index is 337. The zero-order chi connectivity index (χ0) is 12.9. The average Bonchev–Trinajstić information content (AvgIpc) is 2.65. The zero-order valence-corrected chi connectivity index (χ0v) is 12.1. The molecule has 3 N–H and O–H groups in total. The standard InChI is InChI=1S/C12H24N4S/c1-5-6-10-14-11(17-16-10)15-12(4,8-13)7-9(2)3/h9H,5-8,13H2,1-4H3,(H,14,15,16). The number of nitrogens with two attached hydrogens (primary N) is 1. The minimum atomic E-state index is -0.0861. The van der Waals surface area contributed by atoms with Crippen molar-refractivity contribution in [3.8, 4) is 0 Å². The van der Waals surface area contributed by atoms with Gasteiger partial charge in [-0.2, -0.15) is 4.37 Å². The van der Waals surface area contributed by atoms with E-state index < -0.39 is 0 Å². The lowest BCUT2D eigenvalue weighted by atomic mass is 9.91. The SMILES string of the molecule is CCCc1nsc(NC(C)(CN)CC(C)C)n1. The van der Waals surface area contributed by atoms with E-state index in [1.165, 1.54) is 11.5 Å². The predicted octanol–water partition coefficient (Wildman–Crippen LogP) is 2.67. The molecule has 0 aliphatic heterocycles. The lowest BCUT2D eigenvalue weighted by molar-refractivity contribution is 0.407. The van der Waals surface area contributed by atoms with Crippen LogP contribution in [0.2, 0.25) is 0 Å². The molecule has 0 radical (unpaired) electrons. The molecule has 1 unspecified atom stereocenters. The fourth-order valence-corrected chi connectivity index (χ4v) is 2.74. The number of anilines is 1. The third-order valence-electron chi connectivity index (χ3n) is 2.66. The topological polar surface area (TPSA) is 63.8 Å². The van der Waals surface area contributed by atoms with Crippen LogP contribution in [-0.2, 0) is 6.42 Å². The Morgan fingerprint density at radius 1 is 1.47 bits per heavy atom. The van der Waals surface area contributed by atoms with Crippen molar-refractivity contribution in [2.24, 2.45) is 11.7 Å². The zero-order valence-electron chi connectivity index (χ0n) is 11.3. The smallest absolute Gasteiger partial charge is 0.203 e. The summed E-state index contributed by atoms with van der Waals surface area (Å²) >= 11 is 1.43. The molecule has 1 rings (SSSR count). The molecule has 17 heavy (non-hydrogen) atoms. The van der Waals surface area contributed by atoms with E-state index in [1.807, 2.05) is 0 Å². The number of aryl methyl sites for hydroxylation is 1. The van der Waals surface area contributed by atoms with Gasteiger partial charge in [-0.3, -0.25) is 0 Å². The van der Waals surface area contributed by atoms with Crippen LogP contribution < -0.4 is 11.1 Å². The Kier molecular flexibility index (Phi) is 5.33. The van der Waals surface area contributed by atoms with E-state index in [2.05, 4.69) is 42.4 Å². The molecule has 1 heterocycles. The molecule has 0 bridgehead atoms. The Hall–Kier alpha value is -0.680. The monoisotopic (exact) mass is 256 g/mol. The summed E-state index contributed by atoms with van der Waals surface area (Å²) < 4.78 is 4.33. The first-order valence-corrected chi connectivity index (χ1v) is 7.07. The van der Waals surface area contributed by atoms with Crippen molar-refractivity contribution in [3.63, 3.8) is 0 Å². The molecule has 0 saturated carbocycles. The van der Waals surface area contributed by atoms with E-state index in [9.17, 15) is 0 Å². The summed E-state index contributed by atoms with van der Waals surface area (Å²) in [7, 11) is 0. The highest BCUT2D eigenvalue weighted by molar-refractivity contribution is 7.09. The highest BCUT2D eigenvalue weighted by Gasteiger charge is 2.24. The molecule has 0 spiro atoms. The van der Waals surface area contributed by atoms with Crippen LogP contribution in [0.25, 0.3) is 0 Å². The molecule has 1 aromatic rings. The second kappa shape index (κ2) is 6.31. The quantitative estimate of drug-likeness (QED) is 0.787. The predicted molar refractivity (Wildman–Crippen MR) is 74.4 cm³/mol. The van der Waals surface area contributed by atoms with Gasteiger partial charge in [0.25, 0.3) is 0 Å². The number of nitrogens with zero attached hydrogens (tertiary/aromatic N) is 2. The van der Waals surface area contributed by atoms with Gasteiger partial charge in [-0.25, -0.2) is 4.98 Å². The van der Waals surface area contributed by atoms with Crippen LogP contribution in [0.1, 0.15) is 46.4 Å². The largest absolute Gasteiger partial charge is 0.354 e. The molecule has 4 nitrogen and oxygen atoms in total. The van der Waals surface area contributed by atoms with Crippen LogP contribution in [0.15, 0.2) is 0 Å². The molecule has 0 aliphatic carbocycles. The van der Waals surface area contributed by atoms with Crippen LogP contribution in [0.4, 0.5) is 5.13 Å². The molecule has 5 heteroatoms. The lowest BCUT2D eigenvalue weighted by Gasteiger charge is -2.30. The van der Waals surface area contributed by atoms with Crippen molar-refractivity contribution in [2.45, 2.75) is 52.5 Å². The van der Waals surface area contributed by atoms with Gasteiger partial charge in [0.1, 0.15) is 5.82 Å². The van der Waals surface area contributed by atoms with Crippen molar-refractivity contribution in [3.05, 3.63) is 5.82 Å². The average molecular weight is 256 g/mol. The van der Waals surface area contributed by atoms with E-state index in [-0.39, 0.29) is 5.54 Å². The molecule has 0 aliphatic rings. The minimum Gasteiger partial charge on any atom is -0.354 e. The third kappa shape index (κ3) is 4.60. The molecular weight excluding hydrogens is 232 g/mol. The summed E-state index contributed by atoms with van der Waals surface area (Å²) in [5.41, 5.74) is 5.78. The van der Waals surface area contributed by atoms with Gasteiger partial charge in [0.05, 0.1) is 0 Å². The summed E-state index contributed by atoms with van der Waals surface area (Å²) in [5.74, 6) is 1.54. The van der Waals surface area contributed by atoms with Gasteiger partial charge in [0.2, 0.25) is 5.13 Å². The normalized spacial score (nSPS) is 14.9. The van der Waals surface area contributed by atoms with E-state index in [0.717, 1.165) is 30.2 Å². The number of hydrogen-bond acceptors (Lipinski definition) is 5. The molecule has 1 atom stereocenters. The maximum absolute atomic E-state index is 5.86. The summed E-state index contributed by atoms with van der Waals surface area (Å²) in [6.07, 6.45) is 3.06. The number of aromatic nitrogens is 2. The Morgan fingerprint density at radius 2 is 2.18 bits per heavy atom. The molecule has 1 aromatic heterocycles. The maximum atomic E-state index is 5.86. The van der Waals surface area contributed by atoms with E-state index >= 15 is 0 Å². The van der Waals surface area contributed by atoms with Crippen molar-refractivity contribution >= 4 is 16.7 Å². The number of hydrogen-bond donors (Lipinski definition) is 2. The Balaban J connectivity index is 2.65. The summed E-state index contributed by atoms with van der Waals surface area (Å²) in [6.45, 7) is 9.30. The lowest BCUT2D eigenvalue weighted by Crippen LogP contribution is -2.43. The summed E-state index contributed by atoms with van der Waals surface area (Å²) in [4.78, 5) is 4.48. The van der Waals surface area contributed by atoms with Gasteiger partial charge >= 0.3 is 0 Å². The molecule has 0 aromatic carbocycles. The first-order valence-electron chi connectivity index (χ1n) is 6.30. The third-order valence-corrected chi connectivity index (χ3v) is 3.33. The first-order chi connectivity index (χ1) is 7.99.